The van der Waals surface area contributed by atoms with Gasteiger partial charge in [-0.3, -0.25) is 9.69 Å². The topological polar surface area (TPSA) is 44.4 Å². The van der Waals surface area contributed by atoms with Gasteiger partial charge >= 0.3 is 0 Å². The molecule has 3 rings (SSSR count). The maximum absolute atomic E-state index is 11.8. The lowest BCUT2D eigenvalue weighted by molar-refractivity contribution is -0.122. The normalized spacial score (nSPS) is 33.4. The third-order valence-electron chi connectivity index (χ3n) is 4.39. The van der Waals surface area contributed by atoms with Crippen molar-refractivity contribution in [1.82, 2.24) is 15.5 Å². The van der Waals surface area contributed by atoms with Crippen LogP contribution in [0.4, 0.5) is 0 Å². The molecule has 0 aromatic heterocycles. The van der Waals surface area contributed by atoms with Gasteiger partial charge in [-0.2, -0.15) is 0 Å². The van der Waals surface area contributed by atoms with Gasteiger partial charge in [0.15, 0.2) is 0 Å². The van der Waals surface area contributed by atoms with Gasteiger partial charge < -0.3 is 10.6 Å². The minimum atomic E-state index is 0.223. The summed E-state index contributed by atoms with van der Waals surface area (Å²) in [5.41, 5.74) is 0. The fraction of sp³-hybridized carbons (Fsp3) is 0.923. The van der Waals surface area contributed by atoms with Gasteiger partial charge in [-0.15, -0.1) is 0 Å². The van der Waals surface area contributed by atoms with Crippen molar-refractivity contribution in [1.29, 1.82) is 0 Å². The number of likely N-dealkylation sites (tertiary alicyclic amines) is 1. The molecule has 4 heteroatoms. The van der Waals surface area contributed by atoms with Gasteiger partial charge in [-0.25, -0.2) is 0 Å². The Hall–Kier alpha value is -0.610. The van der Waals surface area contributed by atoms with Crippen molar-refractivity contribution in [3.8, 4) is 0 Å². The first-order valence-electron chi connectivity index (χ1n) is 7.03. The van der Waals surface area contributed by atoms with Crippen LogP contribution in [0.5, 0.6) is 0 Å². The molecule has 3 aliphatic rings. The summed E-state index contributed by atoms with van der Waals surface area (Å²) in [6, 6.07) is 0.723. The van der Waals surface area contributed by atoms with Gasteiger partial charge in [-0.1, -0.05) is 0 Å². The number of nitrogens with zero attached hydrogens (tertiary/aromatic N) is 1. The first-order valence-corrected chi connectivity index (χ1v) is 7.03. The Bertz CT molecular complexity index is 290. The largest absolute Gasteiger partial charge is 0.355 e. The third kappa shape index (κ3) is 2.99. The Labute approximate surface area is 103 Å². The van der Waals surface area contributed by atoms with Crippen LogP contribution in [0.1, 0.15) is 25.7 Å². The van der Waals surface area contributed by atoms with E-state index >= 15 is 0 Å². The minimum Gasteiger partial charge on any atom is -0.355 e. The molecule has 1 amide bonds. The van der Waals surface area contributed by atoms with E-state index in [-0.39, 0.29) is 5.91 Å². The lowest BCUT2D eigenvalue weighted by atomic mass is 9.93. The van der Waals surface area contributed by atoms with Crippen LogP contribution in [0.2, 0.25) is 0 Å². The molecule has 1 aliphatic carbocycles. The number of hydrogen-bond donors (Lipinski definition) is 2. The molecule has 1 saturated carbocycles. The van der Waals surface area contributed by atoms with E-state index in [1.807, 2.05) is 0 Å². The standard InChI is InChI=1S/C13H23N3O/c17-13(15-7-10-1-2-10)9-16-6-4-12-11(8-16)3-5-14-12/h10-12,14H,1-9H2,(H,15,17). The third-order valence-corrected chi connectivity index (χ3v) is 4.39. The lowest BCUT2D eigenvalue weighted by Gasteiger charge is -2.34. The Kier molecular flexibility index (Phi) is 3.34. The number of rotatable bonds is 4. The van der Waals surface area contributed by atoms with Crippen LogP contribution in [0.25, 0.3) is 0 Å². The fourth-order valence-electron chi connectivity index (χ4n) is 3.11. The van der Waals surface area contributed by atoms with E-state index < -0.39 is 0 Å². The smallest absolute Gasteiger partial charge is 0.234 e. The lowest BCUT2D eigenvalue weighted by Crippen LogP contribution is -2.48. The second-order valence-electron chi connectivity index (χ2n) is 5.88. The zero-order chi connectivity index (χ0) is 11.7. The molecule has 0 aromatic carbocycles. The highest BCUT2D eigenvalue weighted by Crippen LogP contribution is 2.27. The Morgan fingerprint density at radius 1 is 1.29 bits per heavy atom. The maximum Gasteiger partial charge on any atom is 0.234 e. The predicted molar refractivity (Wildman–Crippen MR) is 66.7 cm³/mol. The number of nitrogens with one attached hydrogen (secondary N) is 2. The van der Waals surface area contributed by atoms with Crippen LogP contribution in [0.3, 0.4) is 0 Å². The highest BCUT2D eigenvalue weighted by Gasteiger charge is 2.33. The molecule has 2 N–H and O–H groups in total. The van der Waals surface area contributed by atoms with E-state index in [1.54, 1.807) is 0 Å². The zero-order valence-corrected chi connectivity index (χ0v) is 10.5. The van der Waals surface area contributed by atoms with Gasteiger partial charge in [-0.05, 0) is 44.1 Å². The Morgan fingerprint density at radius 3 is 3.00 bits per heavy atom. The van der Waals surface area contributed by atoms with Crippen molar-refractivity contribution in [3.05, 3.63) is 0 Å². The van der Waals surface area contributed by atoms with Crippen LogP contribution < -0.4 is 10.6 Å². The van der Waals surface area contributed by atoms with Crippen molar-refractivity contribution in [3.63, 3.8) is 0 Å². The van der Waals surface area contributed by atoms with E-state index in [0.717, 1.165) is 44.1 Å². The summed E-state index contributed by atoms with van der Waals surface area (Å²) in [4.78, 5) is 14.1. The number of piperidine rings is 1. The van der Waals surface area contributed by atoms with Crippen LogP contribution in [0, 0.1) is 11.8 Å². The van der Waals surface area contributed by atoms with E-state index in [9.17, 15) is 4.79 Å². The second-order valence-corrected chi connectivity index (χ2v) is 5.88. The zero-order valence-electron chi connectivity index (χ0n) is 10.5. The number of carbonyl (C=O) groups excluding carboxylic acids is 1. The maximum atomic E-state index is 11.8. The number of fused-ring (bicyclic) bond motifs is 1. The van der Waals surface area contributed by atoms with Crippen LogP contribution in [-0.4, -0.2) is 49.6 Å². The SMILES string of the molecule is O=C(CN1CCC2NCCC2C1)NCC1CC1. The molecule has 96 valence electrons. The molecule has 2 unspecified atom stereocenters. The fourth-order valence-corrected chi connectivity index (χ4v) is 3.11. The molecule has 2 heterocycles. The van der Waals surface area contributed by atoms with Gasteiger partial charge in [0, 0.05) is 25.7 Å². The molecular formula is C13H23N3O. The highest BCUT2D eigenvalue weighted by atomic mass is 16.2. The summed E-state index contributed by atoms with van der Waals surface area (Å²) in [7, 11) is 0. The molecule has 4 nitrogen and oxygen atoms in total. The average molecular weight is 237 g/mol. The minimum absolute atomic E-state index is 0.223. The summed E-state index contributed by atoms with van der Waals surface area (Å²) in [5.74, 6) is 1.78. The Morgan fingerprint density at radius 2 is 2.18 bits per heavy atom. The first kappa shape index (κ1) is 11.5. The summed E-state index contributed by atoms with van der Waals surface area (Å²) in [6.45, 7) is 4.85. The summed E-state index contributed by atoms with van der Waals surface area (Å²) in [6.07, 6.45) is 5.10. The summed E-state index contributed by atoms with van der Waals surface area (Å²) in [5, 5.41) is 6.61. The molecular weight excluding hydrogens is 214 g/mol. The van der Waals surface area contributed by atoms with E-state index in [4.69, 9.17) is 0 Å². The van der Waals surface area contributed by atoms with Gasteiger partial charge in [0.2, 0.25) is 5.91 Å². The molecule has 3 fully saturated rings. The van der Waals surface area contributed by atoms with Crippen LogP contribution >= 0.6 is 0 Å². The van der Waals surface area contributed by atoms with Crippen molar-refractivity contribution >= 4 is 5.91 Å². The van der Waals surface area contributed by atoms with Crippen molar-refractivity contribution in [2.75, 3.05) is 32.7 Å². The molecule has 0 bridgehead atoms. The second kappa shape index (κ2) is 4.94. The summed E-state index contributed by atoms with van der Waals surface area (Å²) >= 11 is 0. The number of carbonyl (C=O) groups is 1. The summed E-state index contributed by atoms with van der Waals surface area (Å²) < 4.78 is 0. The van der Waals surface area contributed by atoms with E-state index in [1.165, 1.54) is 25.7 Å². The molecule has 0 radical (unpaired) electrons. The van der Waals surface area contributed by atoms with Crippen LogP contribution in [0.15, 0.2) is 0 Å². The average Bonchev–Trinajstić information content (AvgIpc) is 3.04. The Balaban J connectivity index is 1.40. The number of hydrogen-bond acceptors (Lipinski definition) is 3. The molecule has 2 saturated heterocycles. The molecule has 0 spiro atoms. The van der Waals surface area contributed by atoms with Crippen molar-refractivity contribution in [2.24, 2.45) is 11.8 Å². The van der Waals surface area contributed by atoms with Crippen LogP contribution in [-0.2, 0) is 4.79 Å². The van der Waals surface area contributed by atoms with Gasteiger partial charge in [0.25, 0.3) is 0 Å². The van der Waals surface area contributed by atoms with Gasteiger partial charge in [0.05, 0.1) is 6.54 Å². The highest BCUT2D eigenvalue weighted by molar-refractivity contribution is 5.78. The first-order chi connectivity index (χ1) is 8.31. The quantitative estimate of drug-likeness (QED) is 0.734. The number of amides is 1. The van der Waals surface area contributed by atoms with Crippen molar-refractivity contribution in [2.45, 2.75) is 31.7 Å². The monoisotopic (exact) mass is 237 g/mol. The molecule has 2 aliphatic heterocycles. The molecule has 17 heavy (non-hydrogen) atoms. The van der Waals surface area contributed by atoms with Gasteiger partial charge in [0.1, 0.15) is 0 Å². The molecule has 2 atom stereocenters. The predicted octanol–water partition coefficient (Wildman–Crippen LogP) is 0.196. The molecule has 0 aromatic rings. The van der Waals surface area contributed by atoms with Crippen molar-refractivity contribution < 1.29 is 4.79 Å². The van der Waals surface area contributed by atoms with E-state index in [2.05, 4.69) is 15.5 Å². The van der Waals surface area contributed by atoms with E-state index in [0.29, 0.717) is 6.54 Å².